The summed E-state index contributed by atoms with van der Waals surface area (Å²) in [7, 11) is 1.75. The van der Waals surface area contributed by atoms with Gasteiger partial charge in [0.25, 0.3) is 0 Å². The van der Waals surface area contributed by atoms with Crippen LogP contribution in [0.3, 0.4) is 0 Å². The monoisotopic (exact) mass is 129 g/mol. The summed E-state index contributed by atoms with van der Waals surface area (Å²) in [4.78, 5) is 0. The van der Waals surface area contributed by atoms with Gasteiger partial charge in [-0.3, -0.25) is 0 Å². The zero-order valence-corrected chi connectivity index (χ0v) is 5.97. The second kappa shape index (κ2) is 3.18. The molecule has 0 aromatic carbocycles. The number of methoxy groups -OCH3 is 1. The van der Waals surface area contributed by atoms with Crippen LogP contribution < -0.4 is 5.73 Å². The number of nitrogens with two attached hydrogens (primary N) is 1. The van der Waals surface area contributed by atoms with Gasteiger partial charge < -0.3 is 10.5 Å². The van der Waals surface area contributed by atoms with E-state index in [1.54, 1.807) is 7.11 Å². The lowest BCUT2D eigenvalue weighted by Crippen LogP contribution is -2.15. The fourth-order valence-corrected chi connectivity index (χ4v) is 1.50. The molecule has 2 heteroatoms. The standard InChI is InChI=1S/C7H15NO/c1-9-5-6-2-3-7(8)4-6/h6-7H,2-5,8H2,1H3/t6-,7+/m0/s1. The van der Waals surface area contributed by atoms with E-state index in [2.05, 4.69) is 0 Å². The third kappa shape index (κ3) is 1.95. The van der Waals surface area contributed by atoms with Gasteiger partial charge in [0.2, 0.25) is 0 Å². The number of hydrogen-bond donors (Lipinski definition) is 1. The molecular formula is C7H15NO. The van der Waals surface area contributed by atoms with E-state index in [0.717, 1.165) is 18.9 Å². The van der Waals surface area contributed by atoms with Crippen molar-refractivity contribution in [3.63, 3.8) is 0 Å². The molecule has 0 unspecified atom stereocenters. The molecule has 0 radical (unpaired) electrons. The van der Waals surface area contributed by atoms with E-state index in [0.29, 0.717) is 6.04 Å². The van der Waals surface area contributed by atoms with Crippen molar-refractivity contribution in [3.05, 3.63) is 0 Å². The highest BCUT2D eigenvalue weighted by Gasteiger charge is 2.20. The Morgan fingerprint density at radius 3 is 2.78 bits per heavy atom. The van der Waals surface area contributed by atoms with Gasteiger partial charge in [-0.2, -0.15) is 0 Å². The molecule has 0 aliphatic heterocycles. The highest BCUT2D eigenvalue weighted by molar-refractivity contribution is 4.76. The minimum atomic E-state index is 0.449. The second-order valence-electron chi connectivity index (χ2n) is 2.89. The molecule has 0 saturated heterocycles. The lowest BCUT2D eigenvalue weighted by atomic mass is 10.1. The first-order chi connectivity index (χ1) is 4.33. The first-order valence-corrected chi connectivity index (χ1v) is 3.57. The summed E-state index contributed by atoms with van der Waals surface area (Å²) < 4.78 is 5.02. The minimum absolute atomic E-state index is 0.449. The molecule has 0 spiro atoms. The molecular weight excluding hydrogens is 114 g/mol. The van der Waals surface area contributed by atoms with Crippen LogP contribution in [0.1, 0.15) is 19.3 Å². The van der Waals surface area contributed by atoms with Gasteiger partial charge >= 0.3 is 0 Å². The molecule has 1 aliphatic carbocycles. The molecule has 2 N–H and O–H groups in total. The molecule has 1 aliphatic rings. The first-order valence-electron chi connectivity index (χ1n) is 3.57. The Morgan fingerprint density at radius 2 is 2.33 bits per heavy atom. The quantitative estimate of drug-likeness (QED) is 0.597. The molecule has 1 fully saturated rings. The van der Waals surface area contributed by atoms with Crippen molar-refractivity contribution >= 4 is 0 Å². The van der Waals surface area contributed by atoms with Gasteiger partial charge in [-0.25, -0.2) is 0 Å². The van der Waals surface area contributed by atoms with Gasteiger partial charge in [-0.1, -0.05) is 0 Å². The molecule has 54 valence electrons. The van der Waals surface area contributed by atoms with Crippen LogP contribution in [0.5, 0.6) is 0 Å². The molecule has 1 rings (SSSR count). The maximum Gasteiger partial charge on any atom is 0.0491 e. The van der Waals surface area contributed by atoms with Gasteiger partial charge in [0.15, 0.2) is 0 Å². The second-order valence-corrected chi connectivity index (χ2v) is 2.89. The molecule has 1 saturated carbocycles. The average Bonchev–Trinajstić information content (AvgIpc) is 2.17. The van der Waals surface area contributed by atoms with Crippen molar-refractivity contribution in [3.8, 4) is 0 Å². The highest BCUT2D eigenvalue weighted by atomic mass is 16.5. The Bertz CT molecular complexity index is 83.0. The Morgan fingerprint density at radius 1 is 1.56 bits per heavy atom. The van der Waals surface area contributed by atoms with Crippen molar-refractivity contribution in [2.45, 2.75) is 25.3 Å². The van der Waals surface area contributed by atoms with Crippen molar-refractivity contribution in [1.29, 1.82) is 0 Å². The van der Waals surface area contributed by atoms with Gasteiger partial charge in [-0.15, -0.1) is 0 Å². The summed E-state index contributed by atoms with van der Waals surface area (Å²) in [5.41, 5.74) is 5.70. The van der Waals surface area contributed by atoms with Crippen LogP contribution in [0.2, 0.25) is 0 Å². The summed E-state index contributed by atoms with van der Waals surface area (Å²) in [6, 6.07) is 0.449. The minimum Gasteiger partial charge on any atom is -0.384 e. The van der Waals surface area contributed by atoms with Crippen LogP contribution in [0.4, 0.5) is 0 Å². The summed E-state index contributed by atoms with van der Waals surface area (Å²) in [5, 5.41) is 0. The van der Waals surface area contributed by atoms with Crippen molar-refractivity contribution in [2.75, 3.05) is 13.7 Å². The van der Waals surface area contributed by atoms with Gasteiger partial charge in [0.1, 0.15) is 0 Å². The molecule has 2 nitrogen and oxygen atoms in total. The first kappa shape index (κ1) is 7.03. The number of hydrogen-bond acceptors (Lipinski definition) is 2. The summed E-state index contributed by atoms with van der Waals surface area (Å²) in [6.45, 7) is 0.897. The fourth-order valence-electron chi connectivity index (χ4n) is 1.50. The van der Waals surface area contributed by atoms with E-state index in [-0.39, 0.29) is 0 Å². The lowest BCUT2D eigenvalue weighted by Gasteiger charge is -2.05. The molecule has 0 aromatic rings. The molecule has 0 bridgehead atoms. The fraction of sp³-hybridized carbons (Fsp3) is 1.00. The maximum atomic E-state index is 5.70. The van der Waals surface area contributed by atoms with Crippen molar-refractivity contribution < 1.29 is 4.74 Å². The number of ether oxygens (including phenoxy) is 1. The van der Waals surface area contributed by atoms with Crippen LogP contribution in [0.15, 0.2) is 0 Å². The van der Waals surface area contributed by atoms with Gasteiger partial charge in [0.05, 0.1) is 0 Å². The normalized spacial score (nSPS) is 35.3. The van der Waals surface area contributed by atoms with Gasteiger partial charge in [0, 0.05) is 19.8 Å². The van der Waals surface area contributed by atoms with Gasteiger partial charge in [-0.05, 0) is 25.2 Å². The smallest absolute Gasteiger partial charge is 0.0491 e. The lowest BCUT2D eigenvalue weighted by molar-refractivity contribution is 0.154. The topological polar surface area (TPSA) is 35.2 Å². The Labute approximate surface area is 56.4 Å². The average molecular weight is 129 g/mol. The molecule has 0 amide bonds. The van der Waals surface area contributed by atoms with Crippen LogP contribution in [0.25, 0.3) is 0 Å². The maximum absolute atomic E-state index is 5.70. The zero-order valence-electron chi connectivity index (χ0n) is 5.97. The Kier molecular flexibility index (Phi) is 2.49. The zero-order chi connectivity index (χ0) is 6.69. The predicted molar refractivity (Wildman–Crippen MR) is 37.2 cm³/mol. The molecule has 0 aromatic heterocycles. The molecule has 9 heavy (non-hydrogen) atoms. The summed E-state index contributed by atoms with van der Waals surface area (Å²) >= 11 is 0. The summed E-state index contributed by atoms with van der Waals surface area (Å²) in [6.07, 6.45) is 3.61. The third-order valence-corrected chi connectivity index (χ3v) is 1.98. The van der Waals surface area contributed by atoms with Crippen LogP contribution in [-0.4, -0.2) is 19.8 Å². The van der Waals surface area contributed by atoms with E-state index in [1.165, 1.54) is 12.8 Å². The number of rotatable bonds is 2. The predicted octanol–water partition coefficient (Wildman–Crippen LogP) is 0.760. The summed E-state index contributed by atoms with van der Waals surface area (Å²) in [5.74, 6) is 0.741. The molecule has 2 atom stereocenters. The van der Waals surface area contributed by atoms with E-state index in [1.807, 2.05) is 0 Å². The highest BCUT2D eigenvalue weighted by Crippen LogP contribution is 2.23. The van der Waals surface area contributed by atoms with Crippen LogP contribution >= 0.6 is 0 Å². The molecule has 0 heterocycles. The van der Waals surface area contributed by atoms with E-state index in [9.17, 15) is 0 Å². The van der Waals surface area contributed by atoms with Crippen LogP contribution in [0, 0.1) is 5.92 Å². The third-order valence-electron chi connectivity index (χ3n) is 1.98. The Balaban J connectivity index is 2.14. The van der Waals surface area contributed by atoms with Crippen LogP contribution in [-0.2, 0) is 4.74 Å². The Hall–Kier alpha value is -0.0800. The SMILES string of the molecule is COC[C@H]1CC[C@@H](N)C1. The largest absolute Gasteiger partial charge is 0.384 e. The van der Waals surface area contributed by atoms with E-state index >= 15 is 0 Å². The van der Waals surface area contributed by atoms with E-state index < -0.39 is 0 Å². The van der Waals surface area contributed by atoms with E-state index in [4.69, 9.17) is 10.5 Å². The van der Waals surface area contributed by atoms with Crippen molar-refractivity contribution in [2.24, 2.45) is 11.7 Å². The van der Waals surface area contributed by atoms with Crippen molar-refractivity contribution in [1.82, 2.24) is 0 Å².